The number of benzene rings is 2. The smallest absolute Gasteiger partial charge is 0.410 e. The number of nitrogens with zero attached hydrogens (tertiary/aromatic N) is 2. The molecule has 1 unspecified atom stereocenters. The molecular weight excluding hydrogens is 559 g/mol. The Kier molecular flexibility index (Phi) is 9.77. The van der Waals surface area contributed by atoms with E-state index in [9.17, 15) is 9.59 Å². The predicted octanol–water partition coefficient (Wildman–Crippen LogP) is 8.05. The Morgan fingerprint density at radius 3 is 2.49 bits per heavy atom. The van der Waals surface area contributed by atoms with E-state index in [-0.39, 0.29) is 36.1 Å². The first-order valence-electron chi connectivity index (χ1n) is 14.4. The Balaban J connectivity index is 1.81. The Labute approximate surface area is 254 Å². The van der Waals surface area contributed by atoms with E-state index in [1.807, 2.05) is 81.1 Å². The van der Waals surface area contributed by atoms with Crippen LogP contribution in [0.2, 0.25) is 10.0 Å². The number of hydrogen-bond donors (Lipinski definition) is 0. The first-order valence-corrected chi connectivity index (χ1v) is 15.2. The van der Waals surface area contributed by atoms with Crippen molar-refractivity contribution in [2.24, 2.45) is 5.41 Å². The lowest BCUT2D eigenvalue weighted by atomic mass is 9.67. The summed E-state index contributed by atoms with van der Waals surface area (Å²) >= 11 is 12.8. The molecule has 41 heavy (non-hydrogen) atoms. The molecule has 2 aliphatic heterocycles. The number of halogens is 2. The lowest BCUT2D eigenvalue weighted by Gasteiger charge is -2.54. The molecule has 8 heteroatoms. The normalized spacial score (nSPS) is 26.0. The van der Waals surface area contributed by atoms with Gasteiger partial charge in [-0.2, -0.15) is 0 Å². The van der Waals surface area contributed by atoms with Crippen LogP contribution in [0, 0.1) is 5.41 Å². The monoisotopic (exact) mass is 600 g/mol. The number of likely N-dealkylation sites (tertiary alicyclic amines) is 1. The van der Waals surface area contributed by atoms with Gasteiger partial charge in [-0.3, -0.25) is 4.79 Å². The molecule has 0 saturated carbocycles. The highest BCUT2D eigenvalue weighted by molar-refractivity contribution is 6.30. The van der Waals surface area contributed by atoms with Crippen LogP contribution >= 0.6 is 23.2 Å². The van der Waals surface area contributed by atoms with Gasteiger partial charge in [0.05, 0.1) is 36.8 Å². The molecular formula is C33H42Cl2N2O4. The van der Waals surface area contributed by atoms with Crippen molar-refractivity contribution in [1.29, 1.82) is 0 Å². The van der Waals surface area contributed by atoms with Gasteiger partial charge in [-0.15, -0.1) is 6.58 Å². The Hall–Kier alpha value is -2.54. The van der Waals surface area contributed by atoms with Crippen molar-refractivity contribution in [3.05, 3.63) is 82.4 Å². The molecule has 5 atom stereocenters. The van der Waals surface area contributed by atoms with Crippen LogP contribution in [0.5, 0.6) is 0 Å². The summed E-state index contributed by atoms with van der Waals surface area (Å²) in [6, 6.07) is 15.1. The first kappa shape index (κ1) is 31.4. The number of hydrogen-bond acceptors (Lipinski definition) is 4. The topological polar surface area (TPSA) is 59.1 Å². The van der Waals surface area contributed by atoms with Gasteiger partial charge in [0, 0.05) is 22.5 Å². The van der Waals surface area contributed by atoms with Crippen LogP contribution in [0.4, 0.5) is 4.79 Å². The molecule has 222 valence electrons. The maximum Gasteiger partial charge on any atom is 0.410 e. The summed E-state index contributed by atoms with van der Waals surface area (Å²) in [7, 11) is 0. The third kappa shape index (κ3) is 7.10. The number of ether oxygens (including phenoxy) is 2. The van der Waals surface area contributed by atoms with Crippen molar-refractivity contribution >= 4 is 35.2 Å². The van der Waals surface area contributed by atoms with Gasteiger partial charge in [-0.05, 0) is 75.4 Å². The molecule has 0 bridgehead atoms. The van der Waals surface area contributed by atoms with Crippen LogP contribution in [0.25, 0.3) is 0 Å². The van der Waals surface area contributed by atoms with Gasteiger partial charge < -0.3 is 19.3 Å². The number of allylic oxidation sites excluding steroid dienone is 1. The van der Waals surface area contributed by atoms with Gasteiger partial charge in [-0.1, -0.05) is 67.4 Å². The summed E-state index contributed by atoms with van der Waals surface area (Å²) in [5.74, 6) is 0.0117. The standard InChI is InChI=1S/C33H42Cl2N2O4/c1-7-16-33(6)20-26(23-10-9-11-25(35)19-23)29(22-12-14-24(34)15-13-22)37(30(33)38)27(8-2)28-21-36(17-18-40-28)31(39)41-32(3,4)5/h7,9-15,19,26-29H,1,8,16-18,20-21H2,2-6H3/t26?,27-,28-,29-,33+/m1/s1. The van der Waals surface area contributed by atoms with Crippen molar-refractivity contribution in [2.75, 3.05) is 19.7 Å². The van der Waals surface area contributed by atoms with Crippen LogP contribution in [0.15, 0.2) is 61.2 Å². The maximum absolute atomic E-state index is 14.6. The first-order chi connectivity index (χ1) is 19.4. The van der Waals surface area contributed by atoms with E-state index in [1.54, 1.807) is 4.90 Å². The minimum Gasteiger partial charge on any atom is -0.444 e. The fraction of sp³-hybridized carbons (Fsp3) is 0.515. The van der Waals surface area contributed by atoms with E-state index in [1.165, 1.54) is 0 Å². The second kappa shape index (κ2) is 12.8. The fourth-order valence-corrected chi connectivity index (χ4v) is 6.62. The molecule has 0 N–H and O–H groups in total. The highest BCUT2D eigenvalue weighted by atomic mass is 35.5. The van der Waals surface area contributed by atoms with Crippen molar-refractivity contribution < 1.29 is 19.1 Å². The SMILES string of the molecule is C=CC[C@@]1(C)CC(c2cccc(Cl)c2)[C@@H](c2ccc(Cl)cc2)N([C@H](CC)[C@H]2CN(C(=O)OC(C)(C)C)CCO2)C1=O. The highest BCUT2D eigenvalue weighted by Gasteiger charge is 2.52. The molecule has 2 heterocycles. The van der Waals surface area contributed by atoms with E-state index < -0.39 is 11.0 Å². The Bertz CT molecular complexity index is 1240. The van der Waals surface area contributed by atoms with Crippen LogP contribution in [-0.2, 0) is 14.3 Å². The quantitative estimate of drug-likeness (QED) is 0.302. The molecule has 2 aliphatic rings. The largest absolute Gasteiger partial charge is 0.444 e. The number of carbonyl (C=O) groups is 2. The minimum atomic E-state index is -0.676. The summed E-state index contributed by atoms with van der Waals surface area (Å²) in [6.07, 6.45) is 2.90. The molecule has 0 radical (unpaired) electrons. The Morgan fingerprint density at radius 2 is 1.88 bits per heavy atom. The molecule has 2 aromatic carbocycles. The van der Waals surface area contributed by atoms with Crippen molar-refractivity contribution in [3.8, 4) is 0 Å². The average Bonchev–Trinajstić information content (AvgIpc) is 2.91. The Morgan fingerprint density at radius 1 is 1.17 bits per heavy atom. The number of carbonyl (C=O) groups excluding carboxylic acids is 2. The third-order valence-electron chi connectivity index (χ3n) is 8.14. The summed E-state index contributed by atoms with van der Waals surface area (Å²) in [6.45, 7) is 14.8. The van der Waals surface area contributed by atoms with E-state index >= 15 is 0 Å². The van der Waals surface area contributed by atoms with Gasteiger partial charge in [-0.25, -0.2) is 4.79 Å². The second-order valence-electron chi connectivity index (χ2n) is 12.4. The molecule has 0 aliphatic carbocycles. The second-order valence-corrected chi connectivity index (χ2v) is 13.3. The zero-order chi connectivity index (χ0) is 29.9. The highest BCUT2D eigenvalue weighted by Crippen LogP contribution is 2.52. The molecule has 2 fully saturated rings. The van der Waals surface area contributed by atoms with Crippen molar-refractivity contribution in [3.63, 3.8) is 0 Å². The van der Waals surface area contributed by atoms with Gasteiger partial charge >= 0.3 is 6.09 Å². The zero-order valence-electron chi connectivity index (χ0n) is 24.7. The summed E-state index contributed by atoms with van der Waals surface area (Å²) < 4.78 is 12.0. The number of amides is 2. The molecule has 4 rings (SSSR count). The van der Waals surface area contributed by atoms with E-state index in [4.69, 9.17) is 32.7 Å². The molecule has 6 nitrogen and oxygen atoms in total. The van der Waals surface area contributed by atoms with E-state index in [0.29, 0.717) is 49.0 Å². The van der Waals surface area contributed by atoms with Crippen LogP contribution < -0.4 is 0 Å². The molecule has 2 aromatic rings. The number of piperidine rings is 1. The minimum absolute atomic E-state index is 0.0443. The average molecular weight is 602 g/mol. The van der Waals surface area contributed by atoms with Gasteiger partial charge in [0.25, 0.3) is 0 Å². The predicted molar refractivity (Wildman–Crippen MR) is 164 cm³/mol. The van der Waals surface area contributed by atoms with Crippen LogP contribution in [0.1, 0.15) is 77.0 Å². The maximum atomic E-state index is 14.6. The number of morpholine rings is 1. The molecule has 0 aromatic heterocycles. The van der Waals surface area contributed by atoms with Crippen molar-refractivity contribution in [1.82, 2.24) is 9.80 Å². The van der Waals surface area contributed by atoms with Crippen LogP contribution in [-0.4, -0.2) is 59.2 Å². The molecule has 2 amide bonds. The lowest BCUT2D eigenvalue weighted by Crippen LogP contribution is -2.61. The third-order valence-corrected chi connectivity index (χ3v) is 8.62. The van der Waals surface area contributed by atoms with Gasteiger partial charge in [0.1, 0.15) is 5.60 Å². The van der Waals surface area contributed by atoms with E-state index in [2.05, 4.69) is 19.6 Å². The van der Waals surface area contributed by atoms with Gasteiger partial charge in [0.15, 0.2) is 0 Å². The fourth-order valence-electron chi connectivity index (χ4n) is 6.29. The zero-order valence-corrected chi connectivity index (χ0v) is 26.3. The summed E-state index contributed by atoms with van der Waals surface area (Å²) in [5, 5.41) is 1.29. The van der Waals surface area contributed by atoms with Crippen molar-refractivity contribution in [2.45, 2.75) is 83.6 Å². The number of rotatable bonds is 7. The van der Waals surface area contributed by atoms with Gasteiger partial charge in [0.2, 0.25) is 5.91 Å². The summed E-state index contributed by atoms with van der Waals surface area (Å²) in [5.41, 5.74) is 0.783. The van der Waals surface area contributed by atoms with Crippen LogP contribution in [0.3, 0.4) is 0 Å². The lowest BCUT2D eigenvalue weighted by molar-refractivity contribution is -0.163. The molecule has 2 saturated heterocycles. The van der Waals surface area contributed by atoms with E-state index in [0.717, 1.165) is 11.1 Å². The summed E-state index contributed by atoms with van der Waals surface area (Å²) in [4.78, 5) is 31.4. The molecule has 0 spiro atoms.